The molecule has 1 aliphatic heterocycles. The summed E-state index contributed by atoms with van der Waals surface area (Å²) in [5.41, 5.74) is 4.04. The summed E-state index contributed by atoms with van der Waals surface area (Å²) in [6.07, 6.45) is 1.43. The summed E-state index contributed by atoms with van der Waals surface area (Å²) in [4.78, 5) is 27.1. The third-order valence-electron chi connectivity index (χ3n) is 5.42. The van der Waals surface area contributed by atoms with Gasteiger partial charge in [-0.1, -0.05) is 18.2 Å². The molecule has 36 heavy (non-hydrogen) atoms. The fourth-order valence-electron chi connectivity index (χ4n) is 3.72. The van der Waals surface area contributed by atoms with E-state index in [1.165, 1.54) is 6.21 Å². The Hall–Kier alpha value is -3.86. The molecule has 0 spiro atoms. The molecular weight excluding hydrogens is 482 g/mol. The summed E-state index contributed by atoms with van der Waals surface area (Å²) < 4.78 is 16.7. The molecule has 192 valence electrons. The minimum absolute atomic E-state index is 0.237. The van der Waals surface area contributed by atoms with Crippen LogP contribution in [0.1, 0.15) is 45.1 Å². The lowest BCUT2D eigenvalue weighted by atomic mass is 9.95. The highest BCUT2D eigenvalue weighted by molar-refractivity contribution is 7.80. The standard InChI is InChI=1S/C25H31N5O5S/c1-5-30(6-2)21-13-12-17(35-21)14-26-29-20(31)15-34-19-11-9-8-10-18(19)23-22(24(32)33-7-3)16(4)27-25(36)28-23/h8-14,23H,5-7,15H2,1-4H3,(H,29,31)(H2,27,28,36)/t23-/m1/s1. The van der Waals surface area contributed by atoms with Crippen LogP contribution in [0.2, 0.25) is 0 Å². The highest BCUT2D eigenvalue weighted by Gasteiger charge is 2.32. The van der Waals surface area contributed by atoms with Crippen LogP contribution in [0.25, 0.3) is 0 Å². The van der Waals surface area contributed by atoms with Crippen LogP contribution in [-0.4, -0.2) is 49.5 Å². The topological polar surface area (TPSA) is 117 Å². The molecule has 11 heteroatoms. The van der Waals surface area contributed by atoms with Crippen molar-refractivity contribution in [2.45, 2.75) is 33.7 Å². The van der Waals surface area contributed by atoms with Gasteiger partial charge in [-0.3, -0.25) is 4.79 Å². The van der Waals surface area contributed by atoms with E-state index in [0.717, 1.165) is 19.0 Å². The number of anilines is 1. The van der Waals surface area contributed by atoms with Crippen molar-refractivity contribution in [3.8, 4) is 5.75 Å². The Labute approximate surface area is 215 Å². The molecule has 0 saturated heterocycles. The lowest BCUT2D eigenvalue weighted by Gasteiger charge is -2.30. The van der Waals surface area contributed by atoms with Crippen molar-refractivity contribution in [3.63, 3.8) is 0 Å². The van der Waals surface area contributed by atoms with E-state index < -0.39 is 17.9 Å². The molecule has 10 nitrogen and oxygen atoms in total. The van der Waals surface area contributed by atoms with Crippen LogP contribution in [-0.2, 0) is 14.3 Å². The number of thiocarbonyl (C=S) groups is 1. The molecule has 0 radical (unpaired) electrons. The summed E-state index contributed by atoms with van der Waals surface area (Å²) in [7, 11) is 0. The average Bonchev–Trinajstić information content (AvgIpc) is 3.32. The fraction of sp³-hybridized carbons (Fsp3) is 0.360. The molecule has 1 amide bonds. The quantitative estimate of drug-likeness (QED) is 0.180. The van der Waals surface area contributed by atoms with Gasteiger partial charge in [-0.25, -0.2) is 10.2 Å². The Morgan fingerprint density at radius 2 is 1.94 bits per heavy atom. The molecule has 1 aliphatic rings. The van der Waals surface area contributed by atoms with Gasteiger partial charge < -0.3 is 29.4 Å². The van der Waals surface area contributed by atoms with Crippen LogP contribution < -0.4 is 25.7 Å². The zero-order valence-corrected chi connectivity index (χ0v) is 21.6. The van der Waals surface area contributed by atoms with Crippen molar-refractivity contribution in [1.82, 2.24) is 16.1 Å². The largest absolute Gasteiger partial charge is 0.483 e. The Morgan fingerprint density at radius 1 is 1.19 bits per heavy atom. The van der Waals surface area contributed by atoms with Gasteiger partial charge in [0.2, 0.25) is 0 Å². The Balaban J connectivity index is 1.66. The van der Waals surface area contributed by atoms with Crippen LogP contribution in [0.3, 0.4) is 0 Å². The van der Waals surface area contributed by atoms with Crippen molar-refractivity contribution in [2.75, 3.05) is 31.2 Å². The number of carbonyl (C=O) groups excluding carboxylic acids is 2. The number of rotatable bonds is 11. The van der Waals surface area contributed by atoms with Gasteiger partial charge in [-0.2, -0.15) is 5.10 Å². The summed E-state index contributed by atoms with van der Waals surface area (Å²) in [5, 5.41) is 10.4. The third-order valence-corrected chi connectivity index (χ3v) is 5.64. The Bertz CT molecular complexity index is 1160. The number of carbonyl (C=O) groups is 2. The van der Waals surface area contributed by atoms with Crippen LogP contribution in [0.15, 0.2) is 57.2 Å². The first-order valence-electron chi connectivity index (χ1n) is 11.7. The maximum atomic E-state index is 12.7. The maximum absolute atomic E-state index is 12.7. The number of allylic oxidation sites excluding steroid dienone is 1. The fourth-order valence-corrected chi connectivity index (χ4v) is 3.99. The van der Waals surface area contributed by atoms with Crippen molar-refractivity contribution < 1.29 is 23.5 Å². The molecule has 3 rings (SSSR count). The van der Waals surface area contributed by atoms with Crippen molar-refractivity contribution in [1.29, 1.82) is 0 Å². The number of nitrogens with zero attached hydrogens (tertiary/aromatic N) is 2. The van der Waals surface area contributed by atoms with Crippen LogP contribution in [0.5, 0.6) is 5.75 Å². The Kier molecular flexibility index (Phi) is 9.46. The van der Waals surface area contributed by atoms with Gasteiger partial charge in [0.15, 0.2) is 17.6 Å². The number of hydrogen-bond donors (Lipinski definition) is 3. The number of para-hydroxylation sites is 1. The number of ether oxygens (including phenoxy) is 2. The molecule has 1 aromatic heterocycles. The molecule has 0 bridgehead atoms. The van der Waals surface area contributed by atoms with Gasteiger partial charge >= 0.3 is 5.97 Å². The number of esters is 1. The molecule has 0 unspecified atom stereocenters. The lowest BCUT2D eigenvalue weighted by Crippen LogP contribution is -2.45. The summed E-state index contributed by atoms with van der Waals surface area (Å²) in [6.45, 7) is 9.18. The molecule has 0 saturated carbocycles. The zero-order chi connectivity index (χ0) is 26.1. The number of benzene rings is 1. The number of furan rings is 1. The smallest absolute Gasteiger partial charge is 0.338 e. The summed E-state index contributed by atoms with van der Waals surface area (Å²) in [6, 6.07) is 10.1. The van der Waals surface area contributed by atoms with Gasteiger partial charge in [0.05, 0.1) is 24.4 Å². The predicted octanol–water partition coefficient (Wildman–Crippen LogP) is 3.01. The van der Waals surface area contributed by atoms with Crippen molar-refractivity contribution in [3.05, 3.63) is 59.0 Å². The van der Waals surface area contributed by atoms with Gasteiger partial charge in [-0.15, -0.1) is 0 Å². The first-order valence-corrected chi connectivity index (χ1v) is 12.1. The third kappa shape index (κ3) is 6.63. The molecular formula is C25H31N5O5S. The van der Waals surface area contributed by atoms with E-state index in [0.29, 0.717) is 33.5 Å². The van der Waals surface area contributed by atoms with Crippen molar-refractivity contribution >= 4 is 41.3 Å². The second-order valence-electron chi connectivity index (χ2n) is 7.76. The van der Waals surface area contributed by atoms with Gasteiger partial charge in [0, 0.05) is 30.4 Å². The Morgan fingerprint density at radius 3 is 2.67 bits per heavy atom. The molecule has 2 heterocycles. The second-order valence-corrected chi connectivity index (χ2v) is 8.17. The first kappa shape index (κ1) is 26.7. The molecule has 1 aromatic carbocycles. The number of amides is 1. The van der Waals surface area contributed by atoms with E-state index in [1.54, 1.807) is 38.1 Å². The highest BCUT2D eigenvalue weighted by Crippen LogP contribution is 2.33. The van der Waals surface area contributed by atoms with Crippen LogP contribution in [0.4, 0.5) is 5.88 Å². The summed E-state index contributed by atoms with van der Waals surface area (Å²) in [5.74, 6) is 0.757. The number of hydrogen-bond acceptors (Lipinski definition) is 8. The maximum Gasteiger partial charge on any atom is 0.338 e. The zero-order valence-electron chi connectivity index (χ0n) is 20.8. The average molecular weight is 514 g/mol. The SMILES string of the molecule is CCOC(=O)C1=C(C)NC(=S)N[C@@H]1c1ccccc1OCC(=O)NN=Cc1ccc(N(CC)CC)o1. The van der Waals surface area contributed by atoms with Gasteiger partial charge in [0.25, 0.3) is 5.91 Å². The van der Waals surface area contributed by atoms with E-state index >= 15 is 0 Å². The molecule has 0 aliphatic carbocycles. The lowest BCUT2D eigenvalue weighted by molar-refractivity contribution is -0.139. The van der Waals surface area contributed by atoms with Crippen LogP contribution >= 0.6 is 12.2 Å². The second kappa shape index (κ2) is 12.7. The minimum Gasteiger partial charge on any atom is -0.483 e. The normalized spacial score (nSPS) is 15.3. The highest BCUT2D eigenvalue weighted by atomic mass is 32.1. The van der Waals surface area contributed by atoms with Gasteiger partial charge in [-0.05, 0) is 52.0 Å². The molecule has 2 aromatic rings. The molecule has 1 atom stereocenters. The summed E-state index contributed by atoms with van der Waals surface area (Å²) >= 11 is 5.29. The molecule has 0 fully saturated rings. The minimum atomic E-state index is -0.603. The van der Waals surface area contributed by atoms with Crippen LogP contribution in [0, 0.1) is 0 Å². The van der Waals surface area contributed by atoms with Gasteiger partial charge in [0.1, 0.15) is 11.5 Å². The monoisotopic (exact) mass is 513 g/mol. The number of hydrazone groups is 1. The molecule has 3 N–H and O–H groups in total. The van der Waals surface area contributed by atoms with E-state index in [9.17, 15) is 9.59 Å². The van der Waals surface area contributed by atoms with E-state index in [-0.39, 0.29) is 13.2 Å². The first-order chi connectivity index (χ1) is 17.4. The number of nitrogens with one attached hydrogen (secondary N) is 3. The van der Waals surface area contributed by atoms with E-state index in [4.69, 9.17) is 26.1 Å². The van der Waals surface area contributed by atoms with E-state index in [2.05, 4.69) is 26.1 Å². The van der Waals surface area contributed by atoms with E-state index in [1.807, 2.05) is 26.0 Å². The predicted molar refractivity (Wildman–Crippen MR) is 141 cm³/mol. The van der Waals surface area contributed by atoms with Crippen molar-refractivity contribution in [2.24, 2.45) is 5.10 Å².